The molecule has 0 radical (unpaired) electrons. The molecule has 0 saturated carbocycles. The summed E-state index contributed by atoms with van der Waals surface area (Å²) < 4.78 is 12.1. The maximum absolute atomic E-state index is 11.6. The number of hydrogen-bond donors (Lipinski definition) is 2. The second-order valence-corrected chi connectivity index (χ2v) is 8.30. The van der Waals surface area contributed by atoms with E-state index in [2.05, 4.69) is 32.7 Å². The average molecular weight is 343 g/mol. The molecule has 0 aliphatic rings. The topological polar surface area (TPSA) is 73.6 Å². The van der Waals surface area contributed by atoms with Crippen molar-refractivity contribution in [2.75, 3.05) is 6.61 Å². The van der Waals surface area contributed by atoms with Crippen molar-refractivity contribution in [2.24, 2.45) is 5.73 Å². The van der Waals surface area contributed by atoms with Crippen LogP contribution in [0.4, 0.5) is 0 Å². The minimum absolute atomic E-state index is 0.0501. The first-order valence-corrected chi connectivity index (χ1v) is 8.78. The van der Waals surface area contributed by atoms with Gasteiger partial charge in [-0.05, 0) is 61.8 Å². The minimum Gasteiger partial charge on any atom is -0.373 e. The number of nitrogens with two attached hydrogens (primary N) is 1. The SMILES string of the molecule is C=C(C)C(=O)NC(C)COC(C)(C)CC(C)OC(C)(C)CC(C)N. The summed E-state index contributed by atoms with van der Waals surface area (Å²) in [6.07, 6.45) is 1.62. The third-order valence-corrected chi connectivity index (χ3v) is 3.60. The van der Waals surface area contributed by atoms with Crippen LogP contribution in [0.3, 0.4) is 0 Å². The molecule has 0 aromatic carbocycles. The zero-order chi connectivity index (χ0) is 19.1. The molecule has 0 aromatic heterocycles. The van der Waals surface area contributed by atoms with Gasteiger partial charge in [0, 0.05) is 24.1 Å². The van der Waals surface area contributed by atoms with Crippen LogP contribution in [0, 0.1) is 0 Å². The van der Waals surface area contributed by atoms with E-state index < -0.39 is 0 Å². The standard InChI is InChI=1S/C19H38N2O3/c1-13(2)17(22)21-15(4)12-23-18(6,7)11-16(5)24-19(8,9)10-14(3)20/h14-16H,1,10-12,20H2,2-9H3,(H,21,22). The molecule has 3 atom stereocenters. The highest BCUT2D eigenvalue weighted by molar-refractivity contribution is 5.92. The molecular formula is C19H38N2O3. The summed E-state index contributed by atoms with van der Waals surface area (Å²) in [5, 5.41) is 2.86. The van der Waals surface area contributed by atoms with Crippen LogP contribution in [0.2, 0.25) is 0 Å². The summed E-state index contributed by atoms with van der Waals surface area (Å²) in [7, 11) is 0. The molecule has 0 rings (SSSR count). The molecule has 0 aliphatic carbocycles. The molecule has 1 amide bonds. The maximum Gasteiger partial charge on any atom is 0.246 e. The lowest BCUT2D eigenvalue weighted by Crippen LogP contribution is -2.41. The zero-order valence-corrected chi connectivity index (χ0v) is 16.9. The molecule has 0 fully saturated rings. The van der Waals surface area contributed by atoms with Gasteiger partial charge >= 0.3 is 0 Å². The van der Waals surface area contributed by atoms with Gasteiger partial charge in [-0.3, -0.25) is 4.79 Å². The Kier molecular flexibility index (Phi) is 9.18. The van der Waals surface area contributed by atoms with Gasteiger partial charge in [-0.2, -0.15) is 0 Å². The number of carbonyl (C=O) groups excluding carboxylic acids is 1. The highest BCUT2D eigenvalue weighted by atomic mass is 16.5. The Bertz CT molecular complexity index is 417. The van der Waals surface area contributed by atoms with Crippen LogP contribution in [0.1, 0.15) is 68.2 Å². The fraction of sp³-hybridized carbons (Fsp3) is 0.842. The predicted octanol–water partition coefficient (Wildman–Crippen LogP) is 3.17. The normalized spacial score (nSPS) is 16.4. The van der Waals surface area contributed by atoms with Gasteiger partial charge in [0.05, 0.1) is 23.9 Å². The van der Waals surface area contributed by atoms with E-state index in [-0.39, 0.29) is 35.3 Å². The van der Waals surface area contributed by atoms with E-state index in [0.29, 0.717) is 12.2 Å². The molecule has 24 heavy (non-hydrogen) atoms. The summed E-state index contributed by atoms with van der Waals surface area (Å²) in [5.74, 6) is -0.140. The largest absolute Gasteiger partial charge is 0.373 e. The van der Waals surface area contributed by atoms with Crippen molar-refractivity contribution in [1.82, 2.24) is 5.32 Å². The summed E-state index contributed by atoms with van der Waals surface area (Å²) >= 11 is 0. The molecule has 0 spiro atoms. The summed E-state index contributed by atoms with van der Waals surface area (Å²) in [6, 6.07) is 0.0356. The first-order valence-electron chi connectivity index (χ1n) is 8.78. The van der Waals surface area contributed by atoms with Gasteiger partial charge in [0.1, 0.15) is 0 Å². The van der Waals surface area contributed by atoms with E-state index in [9.17, 15) is 4.79 Å². The Morgan fingerprint density at radius 3 is 2.12 bits per heavy atom. The van der Waals surface area contributed by atoms with Crippen molar-refractivity contribution < 1.29 is 14.3 Å². The van der Waals surface area contributed by atoms with Crippen molar-refractivity contribution in [2.45, 2.75) is 97.6 Å². The van der Waals surface area contributed by atoms with Crippen LogP contribution in [-0.4, -0.2) is 41.9 Å². The lowest BCUT2D eigenvalue weighted by atomic mass is 9.97. The Hall–Kier alpha value is -0.910. The molecule has 5 nitrogen and oxygen atoms in total. The number of amides is 1. The van der Waals surface area contributed by atoms with E-state index in [1.165, 1.54) is 0 Å². The van der Waals surface area contributed by atoms with Crippen LogP contribution >= 0.6 is 0 Å². The monoisotopic (exact) mass is 342 g/mol. The molecule has 0 heterocycles. The van der Waals surface area contributed by atoms with Crippen LogP contribution in [0.5, 0.6) is 0 Å². The van der Waals surface area contributed by atoms with E-state index in [4.69, 9.17) is 15.2 Å². The summed E-state index contributed by atoms with van der Waals surface area (Å²) in [5.41, 5.74) is 5.78. The average Bonchev–Trinajstić information content (AvgIpc) is 2.32. The van der Waals surface area contributed by atoms with Gasteiger partial charge in [-0.1, -0.05) is 6.58 Å². The lowest BCUT2D eigenvalue weighted by Gasteiger charge is -2.35. The molecule has 5 heteroatoms. The van der Waals surface area contributed by atoms with E-state index >= 15 is 0 Å². The Labute approximate surface area is 148 Å². The van der Waals surface area contributed by atoms with E-state index in [0.717, 1.165) is 12.8 Å². The highest BCUT2D eigenvalue weighted by Crippen LogP contribution is 2.24. The first-order chi connectivity index (χ1) is 10.7. The Morgan fingerprint density at radius 1 is 1.12 bits per heavy atom. The number of carbonyl (C=O) groups is 1. The predicted molar refractivity (Wildman–Crippen MR) is 100.0 cm³/mol. The highest BCUT2D eigenvalue weighted by Gasteiger charge is 2.28. The summed E-state index contributed by atoms with van der Waals surface area (Å²) in [6.45, 7) is 19.9. The second kappa shape index (κ2) is 9.54. The van der Waals surface area contributed by atoms with Gasteiger partial charge in [0.2, 0.25) is 5.91 Å². The van der Waals surface area contributed by atoms with Gasteiger partial charge in [-0.25, -0.2) is 0 Å². The molecule has 0 aliphatic heterocycles. The molecule has 3 N–H and O–H groups in total. The van der Waals surface area contributed by atoms with Crippen molar-refractivity contribution in [3.05, 3.63) is 12.2 Å². The number of hydrogen-bond acceptors (Lipinski definition) is 4. The third-order valence-electron chi connectivity index (χ3n) is 3.60. The van der Waals surface area contributed by atoms with Gasteiger partial charge < -0.3 is 20.5 Å². The van der Waals surface area contributed by atoms with Crippen molar-refractivity contribution in [1.29, 1.82) is 0 Å². The Balaban J connectivity index is 4.37. The van der Waals surface area contributed by atoms with Crippen LogP contribution in [0.15, 0.2) is 12.2 Å². The molecule has 0 saturated heterocycles. The smallest absolute Gasteiger partial charge is 0.246 e. The van der Waals surface area contributed by atoms with Gasteiger partial charge in [-0.15, -0.1) is 0 Å². The van der Waals surface area contributed by atoms with E-state index in [1.54, 1.807) is 6.92 Å². The van der Waals surface area contributed by atoms with E-state index in [1.807, 2.05) is 27.7 Å². The minimum atomic E-state index is -0.341. The third kappa shape index (κ3) is 10.8. The fourth-order valence-electron chi connectivity index (χ4n) is 2.90. The number of rotatable bonds is 11. The Morgan fingerprint density at radius 2 is 1.67 bits per heavy atom. The molecular weight excluding hydrogens is 304 g/mol. The number of nitrogens with one attached hydrogen (secondary N) is 1. The van der Waals surface area contributed by atoms with Gasteiger partial charge in [0.15, 0.2) is 0 Å². The molecule has 3 unspecified atom stereocenters. The zero-order valence-electron chi connectivity index (χ0n) is 16.9. The van der Waals surface area contributed by atoms with Crippen molar-refractivity contribution in [3.8, 4) is 0 Å². The van der Waals surface area contributed by atoms with Crippen LogP contribution in [-0.2, 0) is 14.3 Å². The maximum atomic E-state index is 11.6. The van der Waals surface area contributed by atoms with Crippen LogP contribution < -0.4 is 11.1 Å². The second-order valence-electron chi connectivity index (χ2n) is 8.30. The fourth-order valence-corrected chi connectivity index (χ4v) is 2.90. The first kappa shape index (κ1) is 23.1. The quantitative estimate of drug-likeness (QED) is 0.566. The van der Waals surface area contributed by atoms with Crippen molar-refractivity contribution in [3.63, 3.8) is 0 Å². The summed E-state index contributed by atoms with van der Waals surface area (Å²) in [4.78, 5) is 11.6. The molecule has 142 valence electrons. The lowest BCUT2D eigenvalue weighted by molar-refractivity contribution is -0.122. The molecule has 0 bridgehead atoms. The molecule has 0 aromatic rings. The number of ether oxygens (including phenoxy) is 2. The van der Waals surface area contributed by atoms with Crippen molar-refractivity contribution >= 4 is 5.91 Å². The van der Waals surface area contributed by atoms with Gasteiger partial charge in [0.25, 0.3) is 0 Å². The van der Waals surface area contributed by atoms with Crippen LogP contribution in [0.25, 0.3) is 0 Å².